The highest BCUT2D eigenvalue weighted by Crippen LogP contribution is 2.30. The zero-order valence-corrected chi connectivity index (χ0v) is 13.9. The average molecular weight is 378 g/mol. The number of halogens is 1. The van der Waals surface area contributed by atoms with Crippen molar-refractivity contribution in [3.63, 3.8) is 0 Å². The van der Waals surface area contributed by atoms with Crippen LogP contribution in [0.1, 0.15) is 6.42 Å². The molecule has 2 rings (SSSR count). The molecule has 0 atom stereocenters. The summed E-state index contributed by atoms with van der Waals surface area (Å²) in [5, 5.41) is 11.1. The van der Waals surface area contributed by atoms with Crippen molar-refractivity contribution in [2.45, 2.75) is 11.3 Å². The summed E-state index contributed by atoms with van der Waals surface area (Å²) in [7, 11) is -1.94. The van der Waals surface area contributed by atoms with Crippen LogP contribution in [0.2, 0.25) is 0 Å². The molecule has 0 radical (unpaired) electrons. The van der Waals surface area contributed by atoms with Crippen LogP contribution in [0.3, 0.4) is 0 Å². The molecule has 116 valence electrons. The minimum absolute atomic E-state index is 0.258. The molecule has 0 bridgehead atoms. The van der Waals surface area contributed by atoms with Crippen LogP contribution >= 0.6 is 15.9 Å². The number of nitro benzene ring substituents is 1. The normalized spacial score (nSPS) is 18.4. The van der Waals surface area contributed by atoms with Crippen LogP contribution in [0.4, 0.5) is 5.69 Å². The minimum atomic E-state index is -3.87. The first kappa shape index (κ1) is 16.3. The van der Waals surface area contributed by atoms with Gasteiger partial charge in [0.2, 0.25) is 10.0 Å². The second kappa shape index (κ2) is 6.39. The second-order valence-electron chi connectivity index (χ2n) is 4.93. The largest absolute Gasteiger partial charge is 0.305 e. The van der Waals surface area contributed by atoms with Crippen LogP contribution in [0.5, 0.6) is 0 Å². The number of likely N-dealkylation sites (N-methyl/N-ethyl adjacent to an activating group) is 1. The maximum absolute atomic E-state index is 12.7. The van der Waals surface area contributed by atoms with Gasteiger partial charge in [-0.05, 0) is 32.1 Å². The van der Waals surface area contributed by atoms with E-state index in [2.05, 4.69) is 15.9 Å². The van der Waals surface area contributed by atoms with Crippen LogP contribution in [0.15, 0.2) is 27.6 Å². The summed E-state index contributed by atoms with van der Waals surface area (Å²) in [6.07, 6.45) is 0.706. The molecule has 1 aromatic carbocycles. The number of hydrogen-bond donors (Lipinski definition) is 0. The topological polar surface area (TPSA) is 83.8 Å². The second-order valence-corrected chi connectivity index (χ2v) is 7.75. The average Bonchev–Trinajstić information content (AvgIpc) is 2.63. The molecule has 0 aromatic heterocycles. The Kier molecular flexibility index (Phi) is 4.97. The van der Waals surface area contributed by atoms with Gasteiger partial charge < -0.3 is 4.90 Å². The summed E-state index contributed by atoms with van der Waals surface area (Å²) >= 11 is 3.17. The van der Waals surface area contributed by atoms with Crippen LogP contribution < -0.4 is 0 Å². The number of nitrogens with zero attached hydrogens (tertiary/aromatic N) is 3. The van der Waals surface area contributed by atoms with Crippen molar-refractivity contribution < 1.29 is 13.3 Å². The number of rotatable bonds is 3. The van der Waals surface area contributed by atoms with E-state index < -0.39 is 20.6 Å². The van der Waals surface area contributed by atoms with E-state index in [-0.39, 0.29) is 4.90 Å². The molecule has 0 amide bonds. The zero-order chi connectivity index (χ0) is 15.6. The Morgan fingerprint density at radius 3 is 2.62 bits per heavy atom. The van der Waals surface area contributed by atoms with E-state index in [1.165, 1.54) is 22.5 Å². The summed E-state index contributed by atoms with van der Waals surface area (Å²) in [5.74, 6) is 0. The van der Waals surface area contributed by atoms with Crippen LogP contribution in [-0.4, -0.2) is 55.8 Å². The fourth-order valence-electron chi connectivity index (χ4n) is 2.25. The first-order valence-electron chi connectivity index (χ1n) is 6.45. The van der Waals surface area contributed by atoms with E-state index >= 15 is 0 Å². The molecular formula is C12H16BrN3O4S. The first-order valence-corrected chi connectivity index (χ1v) is 8.68. The number of hydrogen-bond acceptors (Lipinski definition) is 5. The van der Waals surface area contributed by atoms with Gasteiger partial charge in [0.25, 0.3) is 5.69 Å². The maximum atomic E-state index is 12.7. The van der Waals surface area contributed by atoms with Gasteiger partial charge in [-0.25, -0.2) is 8.42 Å². The van der Waals surface area contributed by atoms with Crippen molar-refractivity contribution in [2.24, 2.45) is 0 Å². The lowest BCUT2D eigenvalue weighted by Crippen LogP contribution is -2.34. The summed E-state index contributed by atoms with van der Waals surface area (Å²) in [4.78, 5) is 12.2. The van der Waals surface area contributed by atoms with E-state index in [0.29, 0.717) is 30.5 Å². The van der Waals surface area contributed by atoms with Crippen molar-refractivity contribution in [1.82, 2.24) is 9.21 Å². The molecule has 0 saturated carbocycles. The number of benzene rings is 1. The molecule has 1 saturated heterocycles. The quantitative estimate of drug-likeness (QED) is 0.590. The van der Waals surface area contributed by atoms with Crippen molar-refractivity contribution in [3.8, 4) is 0 Å². The predicted octanol–water partition coefficient (Wildman–Crippen LogP) is 1.68. The Morgan fingerprint density at radius 1 is 1.24 bits per heavy atom. The van der Waals surface area contributed by atoms with Gasteiger partial charge in [0, 0.05) is 30.2 Å². The standard InChI is InChI=1S/C12H16BrN3O4S/c1-14-5-2-6-15(8-7-14)21(19,20)12-9-10(13)3-4-11(12)16(17)18/h3-4,9H,2,5-8H2,1H3. The van der Waals surface area contributed by atoms with E-state index in [1.807, 2.05) is 11.9 Å². The highest BCUT2D eigenvalue weighted by atomic mass is 79.9. The van der Waals surface area contributed by atoms with E-state index in [4.69, 9.17) is 0 Å². The summed E-state index contributed by atoms with van der Waals surface area (Å²) in [5.41, 5.74) is -0.393. The first-order chi connectivity index (χ1) is 9.82. The minimum Gasteiger partial charge on any atom is -0.305 e. The van der Waals surface area contributed by atoms with Crippen LogP contribution in [0.25, 0.3) is 0 Å². The lowest BCUT2D eigenvalue weighted by atomic mass is 10.3. The molecule has 1 heterocycles. The Bertz CT molecular complexity index is 650. The van der Waals surface area contributed by atoms with Crippen molar-refractivity contribution in [3.05, 3.63) is 32.8 Å². The maximum Gasteiger partial charge on any atom is 0.289 e. The molecule has 0 spiro atoms. The van der Waals surface area contributed by atoms with Gasteiger partial charge in [0.05, 0.1) is 4.92 Å². The molecule has 21 heavy (non-hydrogen) atoms. The molecule has 7 nitrogen and oxygen atoms in total. The molecule has 1 aliphatic rings. The highest BCUT2D eigenvalue weighted by molar-refractivity contribution is 9.10. The molecular weight excluding hydrogens is 362 g/mol. The van der Waals surface area contributed by atoms with E-state index in [1.54, 1.807) is 0 Å². The summed E-state index contributed by atoms with van der Waals surface area (Å²) in [6.45, 7) is 2.13. The molecule has 1 aromatic rings. The predicted molar refractivity (Wildman–Crippen MR) is 81.7 cm³/mol. The third-order valence-corrected chi connectivity index (χ3v) is 5.84. The highest BCUT2D eigenvalue weighted by Gasteiger charge is 2.32. The SMILES string of the molecule is CN1CCCN(S(=O)(=O)c2cc(Br)ccc2[N+](=O)[O-])CC1. The van der Waals surface area contributed by atoms with Gasteiger partial charge in [-0.1, -0.05) is 15.9 Å². The monoisotopic (exact) mass is 377 g/mol. The zero-order valence-electron chi connectivity index (χ0n) is 11.5. The van der Waals surface area contributed by atoms with Gasteiger partial charge in [0.15, 0.2) is 4.90 Å². The Hall–Kier alpha value is -1.03. The van der Waals surface area contributed by atoms with Crippen LogP contribution in [-0.2, 0) is 10.0 Å². The van der Waals surface area contributed by atoms with Gasteiger partial charge in [-0.2, -0.15) is 4.31 Å². The third-order valence-electron chi connectivity index (χ3n) is 3.41. The van der Waals surface area contributed by atoms with E-state index in [9.17, 15) is 18.5 Å². The lowest BCUT2D eigenvalue weighted by Gasteiger charge is -2.20. The third kappa shape index (κ3) is 3.60. The molecule has 0 N–H and O–H groups in total. The molecule has 1 fully saturated rings. The molecule has 1 aliphatic heterocycles. The van der Waals surface area contributed by atoms with Gasteiger partial charge >= 0.3 is 0 Å². The van der Waals surface area contributed by atoms with Gasteiger partial charge in [-0.3, -0.25) is 10.1 Å². The summed E-state index contributed by atoms with van der Waals surface area (Å²) in [6, 6.07) is 3.97. The van der Waals surface area contributed by atoms with E-state index in [0.717, 1.165) is 6.54 Å². The molecule has 9 heteroatoms. The van der Waals surface area contributed by atoms with Gasteiger partial charge in [0.1, 0.15) is 0 Å². The van der Waals surface area contributed by atoms with Crippen molar-refractivity contribution in [1.29, 1.82) is 0 Å². The Morgan fingerprint density at radius 2 is 1.95 bits per heavy atom. The van der Waals surface area contributed by atoms with Crippen LogP contribution in [0, 0.1) is 10.1 Å². The smallest absolute Gasteiger partial charge is 0.289 e. The lowest BCUT2D eigenvalue weighted by molar-refractivity contribution is -0.387. The Balaban J connectivity index is 2.43. The summed E-state index contributed by atoms with van der Waals surface area (Å²) < 4.78 is 27.2. The van der Waals surface area contributed by atoms with Crippen molar-refractivity contribution in [2.75, 3.05) is 33.2 Å². The Labute approximate surface area is 131 Å². The molecule has 0 unspecified atom stereocenters. The number of sulfonamides is 1. The fourth-order valence-corrected chi connectivity index (χ4v) is 4.41. The molecule has 0 aliphatic carbocycles. The van der Waals surface area contributed by atoms with Gasteiger partial charge in [-0.15, -0.1) is 0 Å². The fraction of sp³-hybridized carbons (Fsp3) is 0.500. The number of nitro groups is 1. The van der Waals surface area contributed by atoms with Crippen molar-refractivity contribution >= 4 is 31.6 Å².